The van der Waals surface area contributed by atoms with E-state index in [0.717, 1.165) is 16.5 Å². The average molecular weight is 437 g/mol. The number of benzene rings is 1. The fourth-order valence-corrected chi connectivity index (χ4v) is 4.83. The fourth-order valence-electron chi connectivity index (χ4n) is 4.56. The average Bonchev–Trinajstić information content (AvgIpc) is 3.26. The number of hydrogen-bond acceptors (Lipinski definition) is 3. The summed E-state index contributed by atoms with van der Waals surface area (Å²) >= 11 is 3.44. The molecule has 2 fully saturated rings. The van der Waals surface area contributed by atoms with Gasteiger partial charge >= 0.3 is 5.97 Å². The molecule has 3 nitrogen and oxygen atoms in total. The maximum absolute atomic E-state index is 12.8. The maximum atomic E-state index is 12.8. The molecular formula is C23H33BrO3. The Morgan fingerprint density at radius 3 is 2.56 bits per heavy atom. The summed E-state index contributed by atoms with van der Waals surface area (Å²) in [6.07, 6.45) is 3.54. The number of carbonyl (C=O) groups is 1. The second-order valence-electron chi connectivity index (χ2n) is 8.99. The van der Waals surface area contributed by atoms with Crippen molar-refractivity contribution in [2.75, 3.05) is 6.61 Å². The SMILES string of the molecule is CC1CCC(C(C)C)C(OC(=O)C2C(C)C2COCc2ccc(Br)cc2)C1. The molecule has 6 unspecified atom stereocenters. The lowest BCUT2D eigenvalue weighted by molar-refractivity contribution is -0.158. The zero-order valence-corrected chi connectivity index (χ0v) is 18.6. The van der Waals surface area contributed by atoms with E-state index in [1.165, 1.54) is 12.8 Å². The summed E-state index contributed by atoms with van der Waals surface area (Å²) in [5.41, 5.74) is 1.15. The highest BCUT2D eigenvalue weighted by atomic mass is 79.9. The first kappa shape index (κ1) is 20.9. The topological polar surface area (TPSA) is 35.5 Å². The van der Waals surface area contributed by atoms with Crippen molar-refractivity contribution in [1.29, 1.82) is 0 Å². The molecule has 150 valence electrons. The zero-order chi connectivity index (χ0) is 19.6. The monoisotopic (exact) mass is 436 g/mol. The molecule has 1 aromatic rings. The molecule has 1 aromatic carbocycles. The van der Waals surface area contributed by atoms with Gasteiger partial charge in [-0.2, -0.15) is 0 Å². The Kier molecular flexibility index (Phi) is 7.02. The maximum Gasteiger partial charge on any atom is 0.309 e. The third-order valence-corrected chi connectivity index (χ3v) is 7.08. The number of rotatable bonds is 7. The Labute approximate surface area is 172 Å². The molecule has 27 heavy (non-hydrogen) atoms. The van der Waals surface area contributed by atoms with Gasteiger partial charge in [-0.25, -0.2) is 0 Å². The first-order valence-corrected chi connectivity index (χ1v) is 11.2. The van der Waals surface area contributed by atoms with Gasteiger partial charge < -0.3 is 9.47 Å². The van der Waals surface area contributed by atoms with Gasteiger partial charge in [0.25, 0.3) is 0 Å². The van der Waals surface area contributed by atoms with Crippen LogP contribution in [-0.4, -0.2) is 18.7 Å². The Morgan fingerprint density at radius 1 is 1.19 bits per heavy atom. The Morgan fingerprint density at radius 2 is 1.89 bits per heavy atom. The predicted octanol–water partition coefficient (Wildman–Crippen LogP) is 5.85. The van der Waals surface area contributed by atoms with Gasteiger partial charge in [0.1, 0.15) is 6.10 Å². The van der Waals surface area contributed by atoms with E-state index in [-0.39, 0.29) is 18.0 Å². The van der Waals surface area contributed by atoms with Crippen molar-refractivity contribution >= 4 is 21.9 Å². The summed E-state index contributed by atoms with van der Waals surface area (Å²) in [5.74, 6) is 2.40. The Bertz CT molecular complexity index is 627. The summed E-state index contributed by atoms with van der Waals surface area (Å²) in [4.78, 5) is 12.8. The van der Waals surface area contributed by atoms with Gasteiger partial charge in [-0.1, -0.05) is 62.2 Å². The van der Waals surface area contributed by atoms with Gasteiger partial charge in [0.2, 0.25) is 0 Å². The molecule has 0 spiro atoms. The number of ether oxygens (including phenoxy) is 2. The normalized spacial score (nSPS) is 33.1. The van der Waals surface area contributed by atoms with Gasteiger partial charge in [-0.05, 0) is 60.1 Å². The first-order valence-electron chi connectivity index (χ1n) is 10.4. The van der Waals surface area contributed by atoms with Crippen molar-refractivity contribution in [3.05, 3.63) is 34.3 Å². The van der Waals surface area contributed by atoms with Gasteiger partial charge in [0, 0.05) is 4.47 Å². The third-order valence-electron chi connectivity index (χ3n) is 6.56. The molecule has 0 bridgehead atoms. The number of halogens is 1. The number of esters is 1. The van der Waals surface area contributed by atoms with E-state index in [2.05, 4.69) is 55.8 Å². The lowest BCUT2D eigenvalue weighted by Gasteiger charge is -2.36. The summed E-state index contributed by atoms with van der Waals surface area (Å²) in [6.45, 7) is 10.1. The van der Waals surface area contributed by atoms with Crippen molar-refractivity contribution < 1.29 is 14.3 Å². The molecule has 0 saturated heterocycles. The number of hydrogen-bond donors (Lipinski definition) is 0. The van der Waals surface area contributed by atoms with Crippen LogP contribution in [0.5, 0.6) is 0 Å². The van der Waals surface area contributed by atoms with Crippen LogP contribution in [0.4, 0.5) is 0 Å². The van der Waals surface area contributed by atoms with E-state index in [4.69, 9.17) is 9.47 Å². The van der Waals surface area contributed by atoms with Crippen LogP contribution in [0.3, 0.4) is 0 Å². The summed E-state index contributed by atoms with van der Waals surface area (Å²) in [5, 5.41) is 0. The zero-order valence-electron chi connectivity index (χ0n) is 17.0. The molecule has 0 aromatic heterocycles. The van der Waals surface area contributed by atoms with Crippen LogP contribution in [-0.2, 0) is 20.9 Å². The quantitative estimate of drug-likeness (QED) is 0.502. The van der Waals surface area contributed by atoms with E-state index in [0.29, 0.717) is 42.8 Å². The highest BCUT2D eigenvalue weighted by Gasteiger charge is 2.53. The lowest BCUT2D eigenvalue weighted by atomic mass is 9.75. The molecule has 6 atom stereocenters. The standard InChI is InChI=1S/C23H33BrO3/c1-14(2)19-10-5-15(3)11-21(19)27-23(25)22-16(4)20(22)13-26-12-17-6-8-18(24)9-7-17/h6-9,14-16,19-22H,5,10-13H2,1-4H3. The van der Waals surface area contributed by atoms with E-state index < -0.39 is 0 Å². The van der Waals surface area contributed by atoms with Crippen molar-refractivity contribution in [3.63, 3.8) is 0 Å². The van der Waals surface area contributed by atoms with Crippen molar-refractivity contribution in [3.8, 4) is 0 Å². The Balaban J connectivity index is 1.46. The van der Waals surface area contributed by atoms with Crippen LogP contribution in [0.15, 0.2) is 28.7 Å². The van der Waals surface area contributed by atoms with E-state index >= 15 is 0 Å². The molecule has 0 aliphatic heterocycles. The number of carbonyl (C=O) groups excluding carboxylic acids is 1. The smallest absolute Gasteiger partial charge is 0.309 e. The summed E-state index contributed by atoms with van der Waals surface area (Å²) in [6, 6.07) is 8.16. The van der Waals surface area contributed by atoms with E-state index in [1.807, 2.05) is 12.1 Å². The van der Waals surface area contributed by atoms with Crippen LogP contribution in [0.2, 0.25) is 0 Å². The van der Waals surface area contributed by atoms with Crippen LogP contribution >= 0.6 is 15.9 Å². The molecule has 0 heterocycles. The molecule has 2 aliphatic carbocycles. The van der Waals surface area contributed by atoms with Gasteiger partial charge in [-0.3, -0.25) is 4.79 Å². The van der Waals surface area contributed by atoms with Gasteiger partial charge in [0.05, 0.1) is 19.1 Å². The fraction of sp³-hybridized carbons (Fsp3) is 0.696. The van der Waals surface area contributed by atoms with Crippen LogP contribution < -0.4 is 0 Å². The van der Waals surface area contributed by atoms with Gasteiger partial charge in [0.15, 0.2) is 0 Å². The molecule has 0 N–H and O–H groups in total. The second-order valence-corrected chi connectivity index (χ2v) is 9.91. The van der Waals surface area contributed by atoms with Crippen LogP contribution in [0.25, 0.3) is 0 Å². The van der Waals surface area contributed by atoms with E-state index in [9.17, 15) is 4.79 Å². The highest BCUT2D eigenvalue weighted by Crippen LogP contribution is 2.48. The minimum atomic E-state index is 0.00416. The minimum absolute atomic E-state index is 0.00416. The molecule has 4 heteroatoms. The van der Waals surface area contributed by atoms with Gasteiger partial charge in [-0.15, -0.1) is 0 Å². The van der Waals surface area contributed by atoms with Crippen LogP contribution in [0, 0.1) is 35.5 Å². The molecular weight excluding hydrogens is 404 g/mol. The molecule has 3 rings (SSSR count). The van der Waals surface area contributed by atoms with E-state index in [1.54, 1.807) is 0 Å². The predicted molar refractivity (Wildman–Crippen MR) is 111 cm³/mol. The Hall–Kier alpha value is -0.870. The summed E-state index contributed by atoms with van der Waals surface area (Å²) in [7, 11) is 0. The second kappa shape index (κ2) is 9.09. The van der Waals surface area contributed by atoms with Crippen molar-refractivity contribution in [2.45, 2.75) is 59.7 Å². The lowest BCUT2D eigenvalue weighted by Crippen LogP contribution is -2.36. The largest absolute Gasteiger partial charge is 0.462 e. The summed E-state index contributed by atoms with van der Waals surface area (Å²) < 4.78 is 13.0. The van der Waals surface area contributed by atoms with Crippen LogP contribution in [0.1, 0.15) is 52.5 Å². The minimum Gasteiger partial charge on any atom is -0.462 e. The third kappa shape index (κ3) is 5.35. The molecule has 2 aliphatic rings. The molecule has 2 saturated carbocycles. The van der Waals surface area contributed by atoms with Crippen molar-refractivity contribution in [2.24, 2.45) is 35.5 Å². The first-order chi connectivity index (χ1) is 12.9. The van der Waals surface area contributed by atoms with Crippen molar-refractivity contribution in [1.82, 2.24) is 0 Å². The highest BCUT2D eigenvalue weighted by molar-refractivity contribution is 9.10. The molecule has 0 amide bonds. The molecule has 0 radical (unpaired) electrons.